The fourth-order valence-electron chi connectivity index (χ4n) is 4.26. The van der Waals surface area contributed by atoms with Crippen LogP contribution in [0.5, 0.6) is 5.75 Å². The van der Waals surface area contributed by atoms with E-state index in [9.17, 15) is 4.79 Å². The van der Waals surface area contributed by atoms with E-state index in [0.29, 0.717) is 37.9 Å². The number of hydrogen-bond acceptors (Lipinski definition) is 5. The Morgan fingerprint density at radius 1 is 1.16 bits per heavy atom. The summed E-state index contributed by atoms with van der Waals surface area (Å²) in [5.41, 5.74) is 3.84. The lowest BCUT2D eigenvalue weighted by Crippen LogP contribution is -2.37. The molecule has 2 N–H and O–H groups in total. The highest BCUT2D eigenvalue weighted by molar-refractivity contribution is 6.12. The number of benzene rings is 1. The van der Waals surface area contributed by atoms with Crippen LogP contribution in [0.15, 0.2) is 70.4 Å². The molecule has 0 fully saturated rings. The lowest BCUT2D eigenvalue weighted by atomic mass is 9.94. The van der Waals surface area contributed by atoms with Crippen molar-refractivity contribution in [2.24, 2.45) is 15.9 Å². The molecule has 1 aromatic carbocycles. The molecule has 3 aliphatic rings. The summed E-state index contributed by atoms with van der Waals surface area (Å²) in [4.78, 5) is 27.2. The zero-order valence-corrected chi connectivity index (χ0v) is 18.0. The summed E-state index contributed by atoms with van der Waals surface area (Å²) in [7, 11) is 0. The van der Waals surface area contributed by atoms with E-state index in [1.165, 1.54) is 0 Å². The third-order valence-corrected chi connectivity index (χ3v) is 5.99. The van der Waals surface area contributed by atoms with Gasteiger partial charge in [-0.3, -0.25) is 14.8 Å². The number of H-pyrrole nitrogens is 1. The molecule has 1 amide bonds. The molecule has 7 nitrogen and oxygen atoms in total. The summed E-state index contributed by atoms with van der Waals surface area (Å²) >= 11 is 0. The molecule has 2 aromatic rings. The summed E-state index contributed by atoms with van der Waals surface area (Å²) in [5.74, 6) is 1.98. The van der Waals surface area contributed by atoms with Crippen molar-refractivity contribution in [2.75, 3.05) is 32.8 Å². The van der Waals surface area contributed by atoms with Crippen LogP contribution < -0.4 is 10.1 Å². The van der Waals surface area contributed by atoms with Gasteiger partial charge < -0.3 is 19.9 Å². The molecule has 0 spiro atoms. The highest BCUT2D eigenvalue weighted by Crippen LogP contribution is 2.28. The maximum Gasteiger partial charge on any atom is 0.270 e. The van der Waals surface area contributed by atoms with Crippen LogP contribution in [0.3, 0.4) is 0 Å². The minimum Gasteiger partial charge on any atom is -0.492 e. The Morgan fingerprint density at radius 2 is 2.12 bits per heavy atom. The van der Waals surface area contributed by atoms with E-state index in [1.54, 1.807) is 17.2 Å². The minimum atomic E-state index is -0.0472. The van der Waals surface area contributed by atoms with Gasteiger partial charge in [0, 0.05) is 36.8 Å². The largest absolute Gasteiger partial charge is 0.492 e. The van der Waals surface area contributed by atoms with Gasteiger partial charge in [-0.2, -0.15) is 0 Å². The summed E-state index contributed by atoms with van der Waals surface area (Å²) in [6.07, 6.45) is 9.97. The molecule has 0 aliphatic carbocycles. The Balaban J connectivity index is 1.51. The Bertz CT molecular complexity index is 1100. The second-order valence-electron chi connectivity index (χ2n) is 8.18. The van der Waals surface area contributed by atoms with Crippen LogP contribution in [0.2, 0.25) is 0 Å². The second kappa shape index (κ2) is 9.26. The van der Waals surface area contributed by atoms with E-state index in [4.69, 9.17) is 9.73 Å². The molecule has 7 heteroatoms. The number of aromatic nitrogens is 1. The average Bonchev–Trinajstić information content (AvgIpc) is 3.24. The number of nitrogens with one attached hydrogen (secondary N) is 2. The fourth-order valence-corrected chi connectivity index (χ4v) is 4.26. The molecule has 3 aliphatic heterocycles. The number of fused-ring (bicyclic) bond motifs is 5. The van der Waals surface area contributed by atoms with E-state index >= 15 is 0 Å². The van der Waals surface area contributed by atoms with Crippen molar-refractivity contribution in [3.8, 4) is 5.75 Å². The van der Waals surface area contributed by atoms with Crippen LogP contribution in [0.25, 0.3) is 5.57 Å². The Morgan fingerprint density at radius 3 is 3.03 bits per heavy atom. The van der Waals surface area contributed by atoms with Gasteiger partial charge in [-0.05, 0) is 54.7 Å². The lowest BCUT2D eigenvalue weighted by Gasteiger charge is -2.23. The van der Waals surface area contributed by atoms with E-state index in [1.807, 2.05) is 30.5 Å². The lowest BCUT2D eigenvalue weighted by molar-refractivity contribution is 0.0730. The van der Waals surface area contributed by atoms with Gasteiger partial charge in [-0.1, -0.05) is 18.2 Å². The molecular weight excluding hydrogens is 402 g/mol. The normalized spacial score (nSPS) is 23.2. The topological polar surface area (TPSA) is 82.1 Å². The second-order valence-corrected chi connectivity index (χ2v) is 8.18. The molecular formula is C25H27N5O2. The maximum absolute atomic E-state index is 13.0. The number of hydrogen-bond donors (Lipinski definition) is 2. The smallest absolute Gasteiger partial charge is 0.270 e. The highest BCUT2D eigenvalue weighted by atomic mass is 16.5. The molecule has 164 valence electrons. The predicted molar refractivity (Wildman–Crippen MR) is 126 cm³/mol. The predicted octanol–water partition coefficient (Wildman–Crippen LogP) is 3.30. The molecule has 1 aromatic heterocycles. The maximum atomic E-state index is 13.0. The average molecular weight is 430 g/mol. The van der Waals surface area contributed by atoms with Crippen LogP contribution in [0, 0.1) is 5.92 Å². The summed E-state index contributed by atoms with van der Waals surface area (Å²) in [6.45, 7) is 2.72. The van der Waals surface area contributed by atoms with Gasteiger partial charge in [0.25, 0.3) is 5.91 Å². The summed E-state index contributed by atoms with van der Waals surface area (Å²) < 4.78 is 6.04. The van der Waals surface area contributed by atoms with Crippen molar-refractivity contribution in [1.82, 2.24) is 15.2 Å². The number of carbonyl (C=O) groups excluding carboxylic acids is 1. The van der Waals surface area contributed by atoms with Crippen molar-refractivity contribution >= 4 is 23.5 Å². The molecule has 1 unspecified atom stereocenters. The number of carbonyl (C=O) groups is 1. The van der Waals surface area contributed by atoms with Gasteiger partial charge >= 0.3 is 0 Å². The molecule has 4 heterocycles. The van der Waals surface area contributed by atoms with Gasteiger partial charge in [0.15, 0.2) is 0 Å². The number of allylic oxidation sites excluding steroid dienone is 3. The zero-order chi connectivity index (χ0) is 21.8. The molecule has 32 heavy (non-hydrogen) atoms. The molecule has 0 saturated heterocycles. The van der Waals surface area contributed by atoms with Gasteiger partial charge in [-0.25, -0.2) is 0 Å². The zero-order valence-electron chi connectivity index (χ0n) is 18.0. The van der Waals surface area contributed by atoms with Crippen molar-refractivity contribution in [1.29, 1.82) is 0 Å². The van der Waals surface area contributed by atoms with Crippen molar-refractivity contribution in [3.63, 3.8) is 0 Å². The fraction of sp³-hybridized carbons (Fsp3) is 0.320. The first-order chi connectivity index (χ1) is 15.8. The third-order valence-electron chi connectivity index (χ3n) is 5.99. The summed E-state index contributed by atoms with van der Waals surface area (Å²) in [6, 6.07) is 11.7. The molecule has 5 bridgehead atoms. The SMILES string of the molecule is O=C(c1ccc[nH]1)N1CCN=C2C=CC3CCN=C/C(=C(\C3)N2)c2cccc(c2)OCC1. The van der Waals surface area contributed by atoms with E-state index in [0.717, 1.165) is 47.8 Å². The highest BCUT2D eigenvalue weighted by Gasteiger charge is 2.21. The van der Waals surface area contributed by atoms with Crippen LogP contribution in [0.4, 0.5) is 0 Å². The first-order valence-electron chi connectivity index (χ1n) is 11.1. The molecule has 0 radical (unpaired) electrons. The summed E-state index contributed by atoms with van der Waals surface area (Å²) in [5, 5.41) is 3.55. The van der Waals surface area contributed by atoms with Gasteiger partial charge in [0.05, 0.1) is 13.1 Å². The van der Waals surface area contributed by atoms with E-state index in [-0.39, 0.29) is 5.91 Å². The number of nitrogens with zero attached hydrogens (tertiary/aromatic N) is 3. The van der Waals surface area contributed by atoms with E-state index < -0.39 is 0 Å². The quantitative estimate of drug-likeness (QED) is 0.730. The van der Waals surface area contributed by atoms with Gasteiger partial charge in [0.1, 0.15) is 23.9 Å². The van der Waals surface area contributed by atoms with Crippen LogP contribution in [-0.2, 0) is 0 Å². The van der Waals surface area contributed by atoms with Gasteiger partial charge in [0.2, 0.25) is 0 Å². The standard InChI is InChI=1S/C25H27N5O2/c31-25(22-5-2-9-27-22)30-12-11-28-24-7-6-18-8-10-26-17-21(23(15-18)29-24)19-3-1-4-20(16-19)32-14-13-30/h1-7,9,16-18,27H,8,10-15H2,(H,28,29)/b23-21-,26-17?. The Hall–Kier alpha value is -3.61. The van der Waals surface area contributed by atoms with Crippen molar-refractivity contribution < 1.29 is 9.53 Å². The molecule has 1 atom stereocenters. The number of aromatic amines is 1. The Kier molecular flexibility index (Phi) is 5.87. The first-order valence-corrected chi connectivity index (χ1v) is 11.1. The third kappa shape index (κ3) is 4.51. The number of rotatable bonds is 1. The number of aliphatic imine (C=N–C) groups is 2. The number of amidine groups is 1. The van der Waals surface area contributed by atoms with Crippen LogP contribution in [0.1, 0.15) is 28.9 Å². The molecule has 0 saturated carbocycles. The number of amides is 1. The van der Waals surface area contributed by atoms with Crippen LogP contribution in [-0.4, -0.2) is 60.6 Å². The first kappa shape index (κ1) is 20.3. The van der Waals surface area contributed by atoms with Crippen molar-refractivity contribution in [2.45, 2.75) is 12.8 Å². The molecule has 5 rings (SSSR count). The monoisotopic (exact) mass is 429 g/mol. The minimum absolute atomic E-state index is 0.0472. The van der Waals surface area contributed by atoms with E-state index in [2.05, 4.69) is 33.5 Å². The Labute approximate surface area is 187 Å². The van der Waals surface area contributed by atoms with Gasteiger partial charge in [-0.15, -0.1) is 0 Å². The van der Waals surface area contributed by atoms with Crippen molar-refractivity contribution in [3.05, 3.63) is 71.7 Å². The number of ether oxygens (including phenoxy) is 1. The van der Waals surface area contributed by atoms with Crippen LogP contribution >= 0.6 is 0 Å².